The van der Waals surface area contributed by atoms with E-state index in [1.54, 1.807) is 16.4 Å². The van der Waals surface area contributed by atoms with Gasteiger partial charge in [0.15, 0.2) is 0 Å². The zero-order valence-electron chi connectivity index (χ0n) is 18.1. The van der Waals surface area contributed by atoms with Crippen LogP contribution < -0.4 is 5.32 Å². The molecule has 0 spiro atoms. The summed E-state index contributed by atoms with van der Waals surface area (Å²) >= 11 is 0. The molecule has 2 aliphatic rings. The molecule has 4 rings (SSSR count). The van der Waals surface area contributed by atoms with Gasteiger partial charge in [-0.1, -0.05) is 55.3 Å². The van der Waals surface area contributed by atoms with Crippen LogP contribution in [0.15, 0.2) is 59.5 Å². The summed E-state index contributed by atoms with van der Waals surface area (Å²) in [6.07, 6.45) is 8.12. The Morgan fingerprint density at radius 1 is 0.871 bits per heavy atom. The van der Waals surface area contributed by atoms with Gasteiger partial charge in [0.2, 0.25) is 15.9 Å². The summed E-state index contributed by atoms with van der Waals surface area (Å²) in [4.78, 5) is 13.0. The number of benzene rings is 2. The standard InChI is InChI=1S/C25H32N2O3S/c28-24(26-25(17-8-18-25)22-9-4-3-5-10-22)16-13-21-11-14-23(15-12-21)31(29,30)27-19-6-1-2-7-20-27/h3-5,9-12,14-15H,1-2,6-8,13,16-20H2,(H,26,28). The Morgan fingerprint density at radius 3 is 2.10 bits per heavy atom. The van der Waals surface area contributed by atoms with Gasteiger partial charge in [-0.25, -0.2) is 8.42 Å². The normalized spacial score (nSPS) is 19.2. The molecular formula is C25H32N2O3S. The van der Waals surface area contributed by atoms with Gasteiger partial charge in [-0.05, 0) is 61.8 Å². The van der Waals surface area contributed by atoms with E-state index in [1.807, 2.05) is 30.3 Å². The summed E-state index contributed by atoms with van der Waals surface area (Å²) in [7, 11) is -3.43. The second kappa shape index (κ2) is 9.53. The van der Waals surface area contributed by atoms with Crippen LogP contribution in [-0.4, -0.2) is 31.7 Å². The van der Waals surface area contributed by atoms with Crippen LogP contribution in [0.3, 0.4) is 0 Å². The van der Waals surface area contributed by atoms with Crippen LogP contribution in [0.25, 0.3) is 0 Å². The molecule has 1 saturated heterocycles. The maximum Gasteiger partial charge on any atom is 0.243 e. The van der Waals surface area contributed by atoms with E-state index in [2.05, 4.69) is 17.4 Å². The third-order valence-corrected chi connectivity index (χ3v) is 8.59. The average molecular weight is 441 g/mol. The molecule has 1 saturated carbocycles. The Kier molecular flexibility index (Phi) is 6.77. The van der Waals surface area contributed by atoms with Crippen molar-refractivity contribution >= 4 is 15.9 Å². The van der Waals surface area contributed by atoms with E-state index in [-0.39, 0.29) is 11.4 Å². The maximum absolute atomic E-state index is 12.9. The molecule has 0 radical (unpaired) electrons. The van der Waals surface area contributed by atoms with Crippen molar-refractivity contribution in [3.05, 3.63) is 65.7 Å². The summed E-state index contributed by atoms with van der Waals surface area (Å²) in [5, 5.41) is 3.26. The second-order valence-electron chi connectivity index (χ2n) is 8.81. The predicted octanol–water partition coefficient (Wildman–Crippen LogP) is 4.38. The van der Waals surface area contributed by atoms with Crippen molar-refractivity contribution < 1.29 is 13.2 Å². The molecule has 0 aromatic heterocycles. The van der Waals surface area contributed by atoms with Gasteiger partial charge in [0.25, 0.3) is 0 Å². The Balaban J connectivity index is 1.34. The lowest BCUT2D eigenvalue weighted by Gasteiger charge is -2.43. The molecule has 2 aromatic carbocycles. The number of sulfonamides is 1. The number of nitrogens with one attached hydrogen (secondary N) is 1. The third kappa shape index (κ3) is 5.01. The molecule has 1 aliphatic heterocycles. The first-order valence-electron chi connectivity index (χ1n) is 11.5. The summed E-state index contributed by atoms with van der Waals surface area (Å²) in [6, 6.07) is 17.3. The first-order chi connectivity index (χ1) is 15.0. The van der Waals surface area contributed by atoms with Crippen LogP contribution in [0.2, 0.25) is 0 Å². The van der Waals surface area contributed by atoms with E-state index < -0.39 is 10.0 Å². The van der Waals surface area contributed by atoms with Gasteiger partial charge in [-0.15, -0.1) is 0 Å². The highest BCUT2D eigenvalue weighted by Gasteiger charge is 2.39. The van der Waals surface area contributed by atoms with E-state index in [0.29, 0.717) is 30.8 Å². The van der Waals surface area contributed by atoms with Crippen LogP contribution in [0.1, 0.15) is 62.5 Å². The van der Waals surface area contributed by atoms with Crippen LogP contribution in [0.4, 0.5) is 0 Å². The third-order valence-electron chi connectivity index (χ3n) is 6.68. The molecule has 31 heavy (non-hydrogen) atoms. The van der Waals surface area contributed by atoms with Gasteiger partial charge in [-0.3, -0.25) is 4.79 Å². The Hall–Kier alpha value is -2.18. The maximum atomic E-state index is 12.9. The van der Waals surface area contributed by atoms with Gasteiger partial charge in [0.05, 0.1) is 10.4 Å². The van der Waals surface area contributed by atoms with Crippen LogP contribution in [0, 0.1) is 0 Å². The Bertz CT molecular complexity index is 975. The van der Waals surface area contributed by atoms with Crippen molar-refractivity contribution in [3.63, 3.8) is 0 Å². The minimum Gasteiger partial charge on any atom is -0.347 e. The van der Waals surface area contributed by atoms with Gasteiger partial charge in [-0.2, -0.15) is 4.31 Å². The fourth-order valence-electron chi connectivity index (χ4n) is 4.62. The summed E-state index contributed by atoms with van der Waals surface area (Å²) in [5.74, 6) is 0.0461. The minimum absolute atomic E-state index is 0.0461. The van der Waals surface area contributed by atoms with Crippen molar-refractivity contribution in [1.82, 2.24) is 9.62 Å². The Labute approximate surface area is 185 Å². The molecular weight excluding hydrogens is 408 g/mol. The molecule has 2 aromatic rings. The number of nitrogens with zero attached hydrogens (tertiary/aromatic N) is 1. The second-order valence-corrected chi connectivity index (χ2v) is 10.8. The molecule has 1 N–H and O–H groups in total. The highest BCUT2D eigenvalue weighted by Crippen LogP contribution is 2.41. The summed E-state index contributed by atoms with van der Waals surface area (Å²) in [5.41, 5.74) is 1.94. The molecule has 5 nitrogen and oxygen atoms in total. The molecule has 1 aliphatic carbocycles. The monoisotopic (exact) mass is 440 g/mol. The van der Waals surface area contributed by atoms with Crippen molar-refractivity contribution in [2.45, 2.75) is 68.2 Å². The molecule has 1 amide bonds. The van der Waals surface area contributed by atoms with E-state index in [1.165, 1.54) is 5.56 Å². The Morgan fingerprint density at radius 2 is 1.52 bits per heavy atom. The molecule has 0 unspecified atom stereocenters. The quantitative estimate of drug-likeness (QED) is 0.695. The fourth-order valence-corrected chi connectivity index (χ4v) is 6.14. The molecule has 2 fully saturated rings. The fraction of sp³-hybridized carbons (Fsp3) is 0.480. The number of carbonyl (C=O) groups is 1. The number of rotatable bonds is 7. The van der Waals surface area contributed by atoms with Crippen LogP contribution in [-0.2, 0) is 26.8 Å². The predicted molar refractivity (Wildman–Crippen MR) is 122 cm³/mol. The van der Waals surface area contributed by atoms with Crippen molar-refractivity contribution in [3.8, 4) is 0 Å². The van der Waals surface area contributed by atoms with Gasteiger partial charge in [0, 0.05) is 19.5 Å². The highest BCUT2D eigenvalue weighted by atomic mass is 32.2. The first-order valence-corrected chi connectivity index (χ1v) is 12.9. The minimum atomic E-state index is -3.43. The molecule has 0 bridgehead atoms. The molecule has 6 heteroatoms. The summed E-state index contributed by atoms with van der Waals surface area (Å²) < 4.78 is 27.4. The van der Waals surface area contributed by atoms with E-state index >= 15 is 0 Å². The van der Waals surface area contributed by atoms with Crippen molar-refractivity contribution in [1.29, 1.82) is 0 Å². The van der Waals surface area contributed by atoms with Gasteiger partial charge >= 0.3 is 0 Å². The van der Waals surface area contributed by atoms with E-state index in [9.17, 15) is 13.2 Å². The molecule has 166 valence electrons. The highest BCUT2D eigenvalue weighted by molar-refractivity contribution is 7.89. The zero-order chi connectivity index (χ0) is 21.7. The lowest BCUT2D eigenvalue weighted by atomic mass is 9.71. The van der Waals surface area contributed by atoms with Crippen molar-refractivity contribution in [2.75, 3.05) is 13.1 Å². The lowest BCUT2D eigenvalue weighted by Crippen LogP contribution is -2.50. The number of aryl methyl sites for hydroxylation is 1. The smallest absolute Gasteiger partial charge is 0.243 e. The van der Waals surface area contributed by atoms with Gasteiger partial charge in [0.1, 0.15) is 0 Å². The number of carbonyl (C=O) groups excluding carboxylic acids is 1. The topological polar surface area (TPSA) is 66.5 Å². The molecule has 1 heterocycles. The first kappa shape index (κ1) is 22.0. The number of hydrogen-bond donors (Lipinski definition) is 1. The van der Waals surface area contributed by atoms with E-state index in [4.69, 9.17) is 0 Å². The zero-order valence-corrected chi connectivity index (χ0v) is 18.9. The SMILES string of the molecule is O=C(CCc1ccc(S(=O)(=O)N2CCCCCC2)cc1)NC1(c2ccccc2)CCC1. The number of hydrogen-bond acceptors (Lipinski definition) is 3. The molecule has 0 atom stereocenters. The van der Waals surface area contributed by atoms with E-state index in [0.717, 1.165) is 50.5 Å². The number of amides is 1. The lowest BCUT2D eigenvalue weighted by molar-refractivity contribution is -0.124. The van der Waals surface area contributed by atoms with Gasteiger partial charge < -0.3 is 5.32 Å². The van der Waals surface area contributed by atoms with Crippen molar-refractivity contribution in [2.24, 2.45) is 0 Å². The average Bonchev–Trinajstić information content (AvgIpc) is 3.06. The summed E-state index contributed by atoms with van der Waals surface area (Å²) in [6.45, 7) is 1.21. The van der Waals surface area contributed by atoms with Crippen LogP contribution >= 0.6 is 0 Å². The van der Waals surface area contributed by atoms with Crippen LogP contribution in [0.5, 0.6) is 0 Å². The largest absolute Gasteiger partial charge is 0.347 e.